The number of ether oxygens (including phenoxy) is 1. The number of alkyl halides is 3. The Balaban J connectivity index is 1.40. The fraction of sp³-hybridized carbons (Fsp3) is 0.263. The minimum atomic E-state index is -4.45. The fourth-order valence-corrected chi connectivity index (χ4v) is 2.57. The van der Waals surface area contributed by atoms with E-state index in [4.69, 9.17) is 4.74 Å². The van der Waals surface area contributed by atoms with E-state index in [1.165, 1.54) is 12.1 Å². The van der Waals surface area contributed by atoms with Crippen LogP contribution in [0.5, 0.6) is 5.75 Å². The van der Waals surface area contributed by atoms with Gasteiger partial charge in [-0.05, 0) is 36.8 Å². The molecule has 1 amide bonds. The zero-order valence-electron chi connectivity index (χ0n) is 14.3. The Bertz CT molecular complexity index is 889. The first-order valence-electron chi connectivity index (χ1n) is 8.42. The van der Waals surface area contributed by atoms with Crippen molar-refractivity contribution in [3.8, 4) is 5.75 Å². The van der Waals surface area contributed by atoms with Gasteiger partial charge in [-0.15, -0.1) is 0 Å². The van der Waals surface area contributed by atoms with Crippen LogP contribution in [0.2, 0.25) is 0 Å². The summed E-state index contributed by atoms with van der Waals surface area (Å²) in [6, 6.07) is 12.1. The Morgan fingerprint density at radius 1 is 1.15 bits per heavy atom. The summed E-state index contributed by atoms with van der Waals surface area (Å²) >= 11 is 0. The van der Waals surface area contributed by atoms with Crippen LogP contribution in [-0.4, -0.2) is 29.0 Å². The summed E-state index contributed by atoms with van der Waals surface area (Å²) in [7, 11) is 0. The number of imidazole rings is 1. The van der Waals surface area contributed by atoms with E-state index >= 15 is 0 Å². The summed E-state index contributed by atoms with van der Waals surface area (Å²) in [5, 5.41) is 2.67. The van der Waals surface area contributed by atoms with Gasteiger partial charge in [0.1, 0.15) is 11.6 Å². The average molecular weight is 377 g/mol. The minimum Gasteiger partial charge on any atom is -0.484 e. The number of hydrogen-bond acceptors (Lipinski definition) is 3. The summed E-state index contributed by atoms with van der Waals surface area (Å²) in [4.78, 5) is 19.4. The van der Waals surface area contributed by atoms with E-state index in [2.05, 4.69) is 15.3 Å². The molecule has 0 unspecified atom stereocenters. The third-order valence-corrected chi connectivity index (χ3v) is 3.88. The van der Waals surface area contributed by atoms with Gasteiger partial charge >= 0.3 is 6.18 Å². The molecule has 1 heterocycles. The SMILES string of the molecule is O=C(COc1cccc(C(F)(F)F)c1)NCCCc1nc2ccccc2[nH]1. The van der Waals surface area contributed by atoms with E-state index in [0.29, 0.717) is 19.4 Å². The summed E-state index contributed by atoms with van der Waals surface area (Å²) in [6.45, 7) is 0.0772. The van der Waals surface area contributed by atoms with E-state index in [9.17, 15) is 18.0 Å². The largest absolute Gasteiger partial charge is 0.484 e. The number of aromatic nitrogens is 2. The lowest BCUT2D eigenvalue weighted by Gasteiger charge is -2.10. The predicted molar refractivity (Wildman–Crippen MR) is 94.4 cm³/mol. The molecule has 0 bridgehead atoms. The van der Waals surface area contributed by atoms with Crippen molar-refractivity contribution in [3.63, 3.8) is 0 Å². The van der Waals surface area contributed by atoms with Crippen LogP contribution in [0.3, 0.4) is 0 Å². The summed E-state index contributed by atoms with van der Waals surface area (Å²) in [5.41, 5.74) is 1.04. The van der Waals surface area contributed by atoms with Gasteiger partial charge in [0.05, 0.1) is 16.6 Å². The number of H-pyrrole nitrogens is 1. The average Bonchev–Trinajstić information content (AvgIpc) is 3.06. The number of amides is 1. The number of rotatable bonds is 7. The molecule has 142 valence electrons. The van der Waals surface area contributed by atoms with Crippen molar-refractivity contribution < 1.29 is 22.7 Å². The van der Waals surface area contributed by atoms with Crippen LogP contribution in [0.1, 0.15) is 17.8 Å². The molecule has 2 N–H and O–H groups in total. The molecule has 0 radical (unpaired) electrons. The van der Waals surface area contributed by atoms with Gasteiger partial charge in [0.15, 0.2) is 6.61 Å². The first kappa shape index (κ1) is 18.8. The lowest BCUT2D eigenvalue weighted by atomic mass is 10.2. The summed E-state index contributed by atoms with van der Waals surface area (Å²) in [6.07, 6.45) is -3.10. The number of nitrogens with zero attached hydrogens (tertiary/aromatic N) is 1. The van der Waals surface area contributed by atoms with Gasteiger partial charge in [0.25, 0.3) is 5.91 Å². The topological polar surface area (TPSA) is 67.0 Å². The van der Waals surface area contributed by atoms with E-state index in [1.807, 2.05) is 24.3 Å². The van der Waals surface area contributed by atoms with Crippen molar-refractivity contribution in [2.75, 3.05) is 13.2 Å². The highest BCUT2D eigenvalue weighted by Crippen LogP contribution is 2.31. The lowest BCUT2D eigenvalue weighted by Crippen LogP contribution is -2.30. The third-order valence-electron chi connectivity index (χ3n) is 3.88. The predicted octanol–water partition coefficient (Wildman–Crippen LogP) is 3.71. The number of benzene rings is 2. The number of nitrogens with one attached hydrogen (secondary N) is 2. The molecule has 1 aromatic heterocycles. The molecule has 2 aromatic carbocycles. The molecule has 3 aromatic rings. The van der Waals surface area contributed by atoms with Crippen molar-refractivity contribution >= 4 is 16.9 Å². The number of aromatic amines is 1. The number of aryl methyl sites for hydroxylation is 1. The Morgan fingerprint density at radius 2 is 1.96 bits per heavy atom. The van der Waals surface area contributed by atoms with Crippen LogP contribution in [0.15, 0.2) is 48.5 Å². The first-order chi connectivity index (χ1) is 12.9. The van der Waals surface area contributed by atoms with Crippen LogP contribution in [0, 0.1) is 0 Å². The highest BCUT2D eigenvalue weighted by atomic mass is 19.4. The highest BCUT2D eigenvalue weighted by Gasteiger charge is 2.30. The second kappa shape index (κ2) is 8.11. The maximum Gasteiger partial charge on any atom is 0.416 e. The van der Waals surface area contributed by atoms with E-state index in [-0.39, 0.29) is 12.4 Å². The number of carbonyl (C=O) groups excluding carboxylic acids is 1. The van der Waals surface area contributed by atoms with Crippen molar-refractivity contribution in [1.29, 1.82) is 0 Å². The zero-order chi connectivity index (χ0) is 19.3. The lowest BCUT2D eigenvalue weighted by molar-refractivity contribution is -0.137. The first-order valence-corrected chi connectivity index (χ1v) is 8.42. The van der Waals surface area contributed by atoms with Crippen LogP contribution in [0.25, 0.3) is 11.0 Å². The van der Waals surface area contributed by atoms with Gasteiger partial charge in [-0.1, -0.05) is 18.2 Å². The molecule has 0 aliphatic carbocycles. The van der Waals surface area contributed by atoms with Crippen molar-refractivity contribution in [2.24, 2.45) is 0 Å². The van der Waals surface area contributed by atoms with Crippen molar-refractivity contribution in [1.82, 2.24) is 15.3 Å². The summed E-state index contributed by atoms with van der Waals surface area (Å²) < 4.78 is 43.0. The Hall–Kier alpha value is -3.03. The van der Waals surface area contributed by atoms with E-state index in [0.717, 1.165) is 29.0 Å². The van der Waals surface area contributed by atoms with Crippen molar-refractivity contribution in [2.45, 2.75) is 19.0 Å². The fourth-order valence-electron chi connectivity index (χ4n) is 2.57. The quantitative estimate of drug-likeness (QED) is 0.617. The van der Waals surface area contributed by atoms with Crippen LogP contribution in [0.4, 0.5) is 13.2 Å². The molecule has 3 rings (SSSR count). The molecular weight excluding hydrogens is 359 g/mol. The minimum absolute atomic E-state index is 0.00208. The maximum atomic E-state index is 12.6. The molecule has 0 fully saturated rings. The Kier molecular flexibility index (Phi) is 5.63. The molecule has 0 atom stereocenters. The number of hydrogen-bond donors (Lipinski definition) is 2. The molecule has 0 aliphatic heterocycles. The number of carbonyl (C=O) groups is 1. The monoisotopic (exact) mass is 377 g/mol. The van der Waals surface area contributed by atoms with Crippen LogP contribution >= 0.6 is 0 Å². The maximum absolute atomic E-state index is 12.6. The molecular formula is C19H18F3N3O2. The smallest absolute Gasteiger partial charge is 0.416 e. The molecule has 0 aliphatic rings. The molecule has 0 spiro atoms. The van der Waals surface area contributed by atoms with Gasteiger partial charge in [-0.2, -0.15) is 13.2 Å². The van der Waals surface area contributed by atoms with E-state index in [1.54, 1.807) is 0 Å². The van der Waals surface area contributed by atoms with Gasteiger partial charge in [-0.25, -0.2) is 4.98 Å². The van der Waals surface area contributed by atoms with Gasteiger partial charge in [0.2, 0.25) is 0 Å². The zero-order valence-corrected chi connectivity index (χ0v) is 14.3. The molecule has 5 nitrogen and oxygen atoms in total. The standard InChI is InChI=1S/C19H18F3N3O2/c20-19(21,22)13-5-3-6-14(11-13)27-12-18(26)23-10-4-9-17-24-15-7-1-2-8-16(15)25-17/h1-3,5-8,11H,4,9-10,12H2,(H,23,26)(H,24,25). The summed E-state index contributed by atoms with van der Waals surface area (Å²) in [5.74, 6) is 0.449. The molecule has 0 saturated heterocycles. The van der Waals surface area contributed by atoms with Crippen LogP contribution in [-0.2, 0) is 17.4 Å². The van der Waals surface area contributed by atoms with Gasteiger partial charge < -0.3 is 15.0 Å². The second-order valence-electron chi connectivity index (χ2n) is 5.97. The van der Waals surface area contributed by atoms with E-state index < -0.39 is 17.6 Å². The third kappa shape index (κ3) is 5.22. The number of fused-ring (bicyclic) bond motifs is 1. The normalized spacial score (nSPS) is 11.5. The molecule has 0 saturated carbocycles. The van der Waals surface area contributed by atoms with Gasteiger partial charge in [-0.3, -0.25) is 4.79 Å². The van der Waals surface area contributed by atoms with Crippen molar-refractivity contribution in [3.05, 3.63) is 59.9 Å². The Morgan fingerprint density at radius 3 is 2.74 bits per heavy atom. The van der Waals surface area contributed by atoms with Crippen LogP contribution < -0.4 is 10.1 Å². The Labute approximate surface area is 153 Å². The number of halogens is 3. The molecule has 8 heteroatoms. The molecule has 27 heavy (non-hydrogen) atoms. The van der Waals surface area contributed by atoms with Gasteiger partial charge in [0, 0.05) is 13.0 Å². The highest BCUT2D eigenvalue weighted by molar-refractivity contribution is 5.77. The number of para-hydroxylation sites is 2. The second-order valence-corrected chi connectivity index (χ2v) is 5.97.